The van der Waals surface area contributed by atoms with Crippen LogP contribution in [0, 0.1) is 0 Å². The number of hydrogen-bond donors (Lipinski definition) is 1. The maximum atomic E-state index is 14.6. The van der Waals surface area contributed by atoms with E-state index in [1.165, 1.54) is 26.8 Å². The number of carbonyl (C=O) groups is 1. The maximum Gasteiger partial charge on any atom is 0.426 e. The number of amides is 1. The number of nitrogens with one attached hydrogen (secondary N) is 1. The number of carbonyl (C=O) groups excluding carboxylic acids is 1. The predicted octanol–water partition coefficient (Wildman–Crippen LogP) is 8.20. The van der Waals surface area contributed by atoms with Crippen LogP contribution in [-0.2, 0) is 27.9 Å². The average molecular weight is 651 g/mol. The molecule has 222 valence electrons. The summed E-state index contributed by atoms with van der Waals surface area (Å²) in [7, 11) is 0. The van der Waals surface area contributed by atoms with Crippen LogP contribution in [0.15, 0.2) is 58.1 Å². The van der Waals surface area contributed by atoms with Gasteiger partial charge >= 0.3 is 18.4 Å². The molecule has 0 unspecified atom stereocenters. The van der Waals surface area contributed by atoms with E-state index in [0.29, 0.717) is 11.6 Å². The van der Waals surface area contributed by atoms with Crippen molar-refractivity contribution in [2.24, 2.45) is 0 Å². The van der Waals surface area contributed by atoms with Crippen molar-refractivity contribution in [2.45, 2.75) is 63.8 Å². The van der Waals surface area contributed by atoms with Gasteiger partial charge in [-0.2, -0.15) is 26.3 Å². The van der Waals surface area contributed by atoms with Gasteiger partial charge in [0.25, 0.3) is 11.8 Å². The number of benzene rings is 1. The molecule has 1 N–H and O–H groups in total. The van der Waals surface area contributed by atoms with E-state index in [2.05, 4.69) is 43.0 Å². The van der Waals surface area contributed by atoms with E-state index in [1.54, 1.807) is 30.3 Å². The highest BCUT2D eigenvalue weighted by molar-refractivity contribution is 9.10. The van der Waals surface area contributed by atoms with Crippen molar-refractivity contribution in [1.29, 1.82) is 0 Å². The minimum Gasteiger partial charge on any atom is -0.444 e. The van der Waals surface area contributed by atoms with Gasteiger partial charge in [-0.15, -0.1) is 16.8 Å². The minimum atomic E-state index is -5.07. The van der Waals surface area contributed by atoms with Crippen LogP contribution in [0.4, 0.5) is 36.8 Å². The Morgan fingerprint density at radius 3 is 2.32 bits per heavy atom. The van der Waals surface area contributed by atoms with Crippen molar-refractivity contribution < 1.29 is 45.0 Å². The van der Waals surface area contributed by atoms with Crippen LogP contribution in [0.1, 0.15) is 50.6 Å². The lowest BCUT2D eigenvalue weighted by molar-refractivity contribution is -0.299. The standard InChI is InChI=1S/C26H25BrF6N4O4/c1-5-6-12-24(26(31,32)33,39-14-15-10-8-7-9-11-15)21-37-36-20(40-21)18-17(34-22(38)41-23(2,3)4)13-16(19(27)35-18)25(28,29)30/h5,7-11,13H,1,6,12,14H2,2-4H3,(H,34,38)/t24-/m1/s1. The Bertz CT molecular complexity index is 1370. The van der Waals surface area contributed by atoms with Crippen LogP contribution < -0.4 is 5.32 Å². The molecule has 0 aliphatic carbocycles. The molecule has 2 heterocycles. The highest BCUT2D eigenvalue weighted by Gasteiger charge is 2.61. The van der Waals surface area contributed by atoms with Gasteiger partial charge in [-0.1, -0.05) is 36.4 Å². The predicted molar refractivity (Wildman–Crippen MR) is 138 cm³/mol. The van der Waals surface area contributed by atoms with Gasteiger partial charge in [0.15, 0.2) is 5.69 Å². The molecule has 1 atom stereocenters. The molecule has 1 amide bonds. The lowest BCUT2D eigenvalue weighted by atomic mass is 9.96. The number of aromatic nitrogens is 3. The number of nitrogens with zero attached hydrogens (tertiary/aromatic N) is 3. The number of anilines is 1. The van der Waals surface area contributed by atoms with Gasteiger partial charge in [-0.25, -0.2) is 9.78 Å². The van der Waals surface area contributed by atoms with E-state index in [9.17, 15) is 31.1 Å². The fraction of sp³-hybridized carbons (Fsp3) is 0.385. The normalized spacial score (nSPS) is 13.9. The molecule has 3 aromatic rings. The molecule has 0 saturated carbocycles. The zero-order valence-corrected chi connectivity index (χ0v) is 23.6. The van der Waals surface area contributed by atoms with Gasteiger partial charge in [-0.05, 0) is 61.2 Å². The molecule has 2 aromatic heterocycles. The highest BCUT2D eigenvalue weighted by Crippen LogP contribution is 2.47. The zero-order valence-electron chi connectivity index (χ0n) is 22.0. The highest BCUT2D eigenvalue weighted by atomic mass is 79.9. The average Bonchev–Trinajstić information content (AvgIpc) is 3.33. The van der Waals surface area contributed by atoms with E-state index in [1.807, 2.05) is 0 Å². The molecule has 8 nitrogen and oxygen atoms in total. The van der Waals surface area contributed by atoms with Crippen molar-refractivity contribution in [3.8, 4) is 11.6 Å². The number of ether oxygens (including phenoxy) is 2. The molecular weight excluding hydrogens is 626 g/mol. The summed E-state index contributed by atoms with van der Waals surface area (Å²) in [4.78, 5) is 16.2. The molecule has 0 radical (unpaired) electrons. The Hall–Kier alpha value is -3.46. The third kappa shape index (κ3) is 7.85. The van der Waals surface area contributed by atoms with Crippen LogP contribution in [0.3, 0.4) is 0 Å². The third-order valence-electron chi connectivity index (χ3n) is 5.38. The number of allylic oxidation sites excluding steroid dienone is 1. The first-order valence-electron chi connectivity index (χ1n) is 11.9. The lowest BCUT2D eigenvalue weighted by Gasteiger charge is -2.32. The number of hydrogen-bond acceptors (Lipinski definition) is 7. The summed E-state index contributed by atoms with van der Waals surface area (Å²) >= 11 is 2.71. The van der Waals surface area contributed by atoms with E-state index in [-0.39, 0.29) is 6.42 Å². The van der Waals surface area contributed by atoms with Gasteiger partial charge < -0.3 is 13.9 Å². The molecule has 1 aromatic carbocycles. The van der Waals surface area contributed by atoms with Crippen LogP contribution in [0.5, 0.6) is 0 Å². The van der Waals surface area contributed by atoms with Crippen molar-refractivity contribution in [2.75, 3.05) is 5.32 Å². The maximum absolute atomic E-state index is 14.6. The largest absolute Gasteiger partial charge is 0.444 e. The van der Waals surface area contributed by atoms with E-state index in [4.69, 9.17) is 13.9 Å². The lowest BCUT2D eigenvalue weighted by Crippen LogP contribution is -2.45. The van der Waals surface area contributed by atoms with Gasteiger partial charge in [-0.3, -0.25) is 5.32 Å². The summed E-state index contributed by atoms with van der Waals surface area (Å²) in [5, 5.41) is 9.31. The summed E-state index contributed by atoms with van der Waals surface area (Å²) in [6.45, 7) is 7.55. The molecule has 0 fully saturated rings. The minimum absolute atomic E-state index is 0.165. The number of pyridine rings is 1. The molecule has 15 heteroatoms. The summed E-state index contributed by atoms with van der Waals surface area (Å²) in [5.41, 5.74) is -6.13. The molecule has 0 spiro atoms. The van der Waals surface area contributed by atoms with Gasteiger partial charge in [0.1, 0.15) is 10.2 Å². The molecule has 0 aliphatic rings. The molecule has 0 bridgehead atoms. The second kappa shape index (κ2) is 12.2. The first-order chi connectivity index (χ1) is 19.0. The van der Waals surface area contributed by atoms with Crippen molar-refractivity contribution >= 4 is 27.7 Å². The SMILES string of the molecule is C=CCC[C@@](OCc1ccccc1)(c1nnc(-c2nc(Br)c(C(F)(F)F)cc2NC(=O)OC(C)(C)C)o1)C(F)(F)F. The second-order valence-corrected chi connectivity index (χ2v) is 10.4. The second-order valence-electron chi connectivity index (χ2n) is 9.69. The Balaban J connectivity index is 2.13. The summed E-state index contributed by atoms with van der Waals surface area (Å²) in [6.07, 6.45) is -10.7. The number of halogens is 7. The van der Waals surface area contributed by atoms with Crippen LogP contribution in [0.2, 0.25) is 0 Å². The summed E-state index contributed by atoms with van der Waals surface area (Å²) in [6, 6.07) is 8.56. The molecule has 0 aliphatic heterocycles. The molecule has 3 rings (SSSR count). The number of rotatable bonds is 9. The fourth-order valence-electron chi connectivity index (χ4n) is 3.52. The van der Waals surface area contributed by atoms with Crippen molar-refractivity contribution in [3.63, 3.8) is 0 Å². The van der Waals surface area contributed by atoms with E-state index >= 15 is 0 Å². The monoisotopic (exact) mass is 650 g/mol. The topological polar surface area (TPSA) is 99.4 Å². The Morgan fingerprint density at radius 2 is 1.76 bits per heavy atom. The zero-order chi connectivity index (χ0) is 30.6. The van der Waals surface area contributed by atoms with Crippen LogP contribution in [0.25, 0.3) is 11.6 Å². The quantitative estimate of drug-likeness (QED) is 0.142. The van der Waals surface area contributed by atoms with Crippen LogP contribution >= 0.6 is 15.9 Å². The van der Waals surface area contributed by atoms with Crippen molar-refractivity contribution in [3.05, 3.63) is 70.7 Å². The molecule has 41 heavy (non-hydrogen) atoms. The van der Waals surface area contributed by atoms with Crippen LogP contribution in [-0.4, -0.2) is 33.1 Å². The fourth-order valence-corrected chi connectivity index (χ4v) is 4.03. The Kier molecular flexibility index (Phi) is 9.53. The first-order valence-corrected chi connectivity index (χ1v) is 12.7. The van der Waals surface area contributed by atoms with E-state index < -0.39 is 76.0 Å². The van der Waals surface area contributed by atoms with Crippen molar-refractivity contribution in [1.82, 2.24) is 15.2 Å². The summed E-state index contributed by atoms with van der Waals surface area (Å²) < 4.78 is 99.9. The van der Waals surface area contributed by atoms with Gasteiger partial charge in [0.2, 0.25) is 5.60 Å². The Labute approximate surface area is 239 Å². The van der Waals surface area contributed by atoms with Gasteiger partial charge in [0, 0.05) is 0 Å². The molecule has 0 saturated heterocycles. The summed E-state index contributed by atoms with van der Waals surface area (Å²) in [5.74, 6) is -1.73. The Morgan fingerprint density at radius 1 is 1.10 bits per heavy atom. The smallest absolute Gasteiger partial charge is 0.426 e. The number of alkyl halides is 6. The third-order valence-corrected chi connectivity index (χ3v) is 5.98. The van der Waals surface area contributed by atoms with E-state index in [0.717, 1.165) is 0 Å². The first kappa shape index (κ1) is 32.1. The molecular formula is C26H25BrF6N4O4. The van der Waals surface area contributed by atoms with Gasteiger partial charge in [0.05, 0.1) is 17.9 Å².